The lowest BCUT2D eigenvalue weighted by atomic mass is 10.0. The standard InChI is InChI=1S/C14H27NO3/c1-3-4-5-6-7-8-9-10-11-13(14(17)18)15-12(2)16/h13H,3-11H2,1-2H3,(H,15,16)(H,17,18)/t13-/m1/s1. The molecule has 18 heavy (non-hydrogen) atoms. The Hall–Kier alpha value is -1.06. The first-order valence-electron chi connectivity index (χ1n) is 7.07. The molecule has 4 heteroatoms. The summed E-state index contributed by atoms with van der Waals surface area (Å²) >= 11 is 0. The zero-order valence-corrected chi connectivity index (χ0v) is 11.7. The number of rotatable bonds is 11. The van der Waals surface area contributed by atoms with Crippen molar-refractivity contribution < 1.29 is 14.7 Å². The summed E-state index contributed by atoms with van der Waals surface area (Å²) in [5.41, 5.74) is 0. The van der Waals surface area contributed by atoms with Crippen LogP contribution in [0.15, 0.2) is 0 Å². The van der Waals surface area contributed by atoms with E-state index < -0.39 is 12.0 Å². The van der Waals surface area contributed by atoms with Crippen LogP contribution in [0.2, 0.25) is 0 Å². The van der Waals surface area contributed by atoms with E-state index in [2.05, 4.69) is 12.2 Å². The summed E-state index contributed by atoms with van der Waals surface area (Å²) < 4.78 is 0. The van der Waals surface area contributed by atoms with Crippen LogP contribution < -0.4 is 5.32 Å². The fraction of sp³-hybridized carbons (Fsp3) is 0.857. The van der Waals surface area contributed by atoms with E-state index in [9.17, 15) is 9.59 Å². The minimum absolute atomic E-state index is 0.276. The SMILES string of the molecule is CCCCCCCCCC[C@@H](NC(C)=O)C(=O)O. The Morgan fingerprint density at radius 3 is 1.94 bits per heavy atom. The molecule has 2 N–H and O–H groups in total. The molecule has 0 aromatic heterocycles. The summed E-state index contributed by atoms with van der Waals surface area (Å²) in [4.78, 5) is 21.7. The highest BCUT2D eigenvalue weighted by atomic mass is 16.4. The quantitative estimate of drug-likeness (QED) is 0.559. The van der Waals surface area contributed by atoms with E-state index >= 15 is 0 Å². The van der Waals surface area contributed by atoms with E-state index in [0.29, 0.717) is 6.42 Å². The van der Waals surface area contributed by atoms with Crippen LogP contribution in [0, 0.1) is 0 Å². The van der Waals surface area contributed by atoms with Gasteiger partial charge in [0.1, 0.15) is 6.04 Å². The van der Waals surface area contributed by atoms with E-state index in [1.54, 1.807) is 0 Å². The number of aliphatic carboxylic acids is 1. The zero-order valence-electron chi connectivity index (χ0n) is 11.7. The predicted molar refractivity (Wildman–Crippen MR) is 72.5 cm³/mol. The van der Waals surface area contributed by atoms with Gasteiger partial charge in [-0.3, -0.25) is 4.79 Å². The Labute approximate surface area is 110 Å². The number of hydrogen-bond acceptors (Lipinski definition) is 2. The zero-order chi connectivity index (χ0) is 13.8. The molecule has 1 amide bonds. The largest absolute Gasteiger partial charge is 0.480 e. The van der Waals surface area contributed by atoms with Gasteiger partial charge in [0.15, 0.2) is 0 Å². The fourth-order valence-electron chi connectivity index (χ4n) is 1.99. The normalized spacial score (nSPS) is 12.1. The van der Waals surface area contributed by atoms with Crippen molar-refractivity contribution in [3.05, 3.63) is 0 Å². The molecule has 0 heterocycles. The number of amides is 1. The molecule has 0 rings (SSSR count). The fourth-order valence-corrected chi connectivity index (χ4v) is 1.99. The van der Waals surface area contributed by atoms with Crippen LogP contribution in [0.5, 0.6) is 0 Å². The van der Waals surface area contributed by atoms with Gasteiger partial charge in [-0.25, -0.2) is 4.79 Å². The Bertz CT molecular complexity index is 241. The monoisotopic (exact) mass is 257 g/mol. The number of carbonyl (C=O) groups excluding carboxylic acids is 1. The number of nitrogens with one attached hydrogen (secondary N) is 1. The summed E-state index contributed by atoms with van der Waals surface area (Å²) in [6.07, 6.45) is 10.0. The van der Waals surface area contributed by atoms with Gasteiger partial charge in [-0.15, -0.1) is 0 Å². The lowest BCUT2D eigenvalue weighted by molar-refractivity contribution is -0.141. The van der Waals surface area contributed by atoms with Crippen LogP contribution in [0.1, 0.15) is 71.6 Å². The van der Waals surface area contributed by atoms with Crippen LogP contribution in [-0.2, 0) is 9.59 Å². The van der Waals surface area contributed by atoms with Gasteiger partial charge in [0.05, 0.1) is 0 Å². The maximum atomic E-state index is 10.9. The van der Waals surface area contributed by atoms with E-state index in [1.165, 1.54) is 39.0 Å². The van der Waals surface area contributed by atoms with Crippen molar-refractivity contribution in [2.75, 3.05) is 0 Å². The molecule has 0 aromatic rings. The highest BCUT2D eigenvalue weighted by Gasteiger charge is 2.17. The molecule has 0 bridgehead atoms. The average molecular weight is 257 g/mol. The van der Waals surface area contributed by atoms with Crippen LogP contribution in [0.4, 0.5) is 0 Å². The van der Waals surface area contributed by atoms with Crippen molar-refractivity contribution in [2.24, 2.45) is 0 Å². The number of unbranched alkanes of at least 4 members (excludes halogenated alkanes) is 7. The van der Waals surface area contributed by atoms with Gasteiger partial charge < -0.3 is 10.4 Å². The molecule has 0 radical (unpaired) electrons. The molecule has 0 aliphatic carbocycles. The summed E-state index contributed by atoms with van der Waals surface area (Å²) in [6, 6.07) is -0.720. The minimum Gasteiger partial charge on any atom is -0.480 e. The molecule has 0 spiro atoms. The predicted octanol–water partition coefficient (Wildman–Crippen LogP) is 3.11. The maximum absolute atomic E-state index is 10.9. The Kier molecular flexibility index (Phi) is 10.4. The first-order valence-corrected chi connectivity index (χ1v) is 7.07. The van der Waals surface area contributed by atoms with Gasteiger partial charge in [0, 0.05) is 6.92 Å². The Balaban J connectivity index is 3.49. The molecule has 0 fully saturated rings. The van der Waals surface area contributed by atoms with Crippen LogP contribution in [-0.4, -0.2) is 23.0 Å². The first-order chi connectivity index (χ1) is 8.57. The summed E-state index contributed by atoms with van der Waals surface area (Å²) in [6.45, 7) is 3.55. The molecule has 0 aromatic carbocycles. The van der Waals surface area contributed by atoms with Crippen LogP contribution in [0.3, 0.4) is 0 Å². The average Bonchev–Trinajstić information content (AvgIpc) is 2.30. The summed E-state index contributed by atoms with van der Waals surface area (Å²) in [5.74, 6) is -1.21. The van der Waals surface area contributed by atoms with Gasteiger partial charge in [0.2, 0.25) is 5.91 Å². The summed E-state index contributed by atoms with van der Waals surface area (Å²) in [7, 11) is 0. The van der Waals surface area contributed by atoms with Crippen molar-refractivity contribution >= 4 is 11.9 Å². The lowest BCUT2D eigenvalue weighted by Gasteiger charge is -2.12. The van der Waals surface area contributed by atoms with Crippen molar-refractivity contribution in [1.82, 2.24) is 5.32 Å². The number of carbonyl (C=O) groups is 2. The molecule has 106 valence electrons. The third kappa shape index (κ3) is 10.1. The number of hydrogen-bond donors (Lipinski definition) is 2. The molecular weight excluding hydrogens is 230 g/mol. The molecule has 0 unspecified atom stereocenters. The van der Waals surface area contributed by atoms with Crippen molar-refractivity contribution in [2.45, 2.75) is 77.7 Å². The maximum Gasteiger partial charge on any atom is 0.326 e. The topological polar surface area (TPSA) is 66.4 Å². The van der Waals surface area contributed by atoms with Crippen molar-refractivity contribution in [3.8, 4) is 0 Å². The summed E-state index contributed by atoms with van der Waals surface area (Å²) in [5, 5.41) is 11.4. The van der Waals surface area contributed by atoms with Gasteiger partial charge in [0.25, 0.3) is 0 Å². The van der Waals surface area contributed by atoms with Gasteiger partial charge >= 0.3 is 5.97 Å². The molecule has 0 saturated heterocycles. The van der Waals surface area contributed by atoms with Crippen LogP contribution in [0.25, 0.3) is 0 Å². The molecule has 1 atom stereocenters. The second kappa shape index (κ2) is 11.1. The second-order valence-corrected chi connectivity index (χ2v) is 4.85. The van der Waals surface area contributed by atoms with Crippen molar-refractivity contribution in [1.29, 1.82) is 0 Å². The van der Waals surface area contributed by atoms with E-state index in [4.69, 9.17) is 5.11 Å². The van der Waals surface area contributed by atoms with Gasteiger partial charge in [-0.2, -0.15) is 0 Å². The lowest BCUT2D eigenvalue weighted by Crippen LogP contribution is -2.39. The van der Waals surface area contributed by atoms with E-state index in [-0.39, 0.29) is 5.91 Å². The van der Waals surface area contributed by atoms with Crippen LogP contribution >= 0.6 is 0 Å². The van der Waals surface area contributed by atoms with E-state index in [1.807, 2.05) is 0 Å². The highest BCUT2D eigenvalue weighted by Crippen LogP contribution is 2.10. The molecule has 0 aliphatic rings. The Morgan fingerprint density at radius 1 is 1.00 bits per heavy atom. The molecule has 4 nitrogen and oxygen atoms in total. The number of carboxylic acid groups (broad SMARTS) is 1. The van der Waals surface area contributed by atoms with Gasteiger partial charge in [-0.05, 0) is 6.42 Å². The molecular formula is C14H27NO3. The van der Waals surface area contributed by atoms with Gasteiger partial charge in [-0.1, -0.05) is 58.3 Å². The smallest absolute Gasteiger partial charge is 0.326 e. The number of carboxylic acids is 1. The highest BCUT2D eigenvalue weighted by molar-refractivity contribution is 5.81. The first kappa shape index (κ1) is 16.9. The second-order valence-electron chi connectivity index (χ2n) is 4.85. The molecule has 0 saturated carbocycles. The Morgan fingerprint density at radius 2 is 1.50 bits per heavy atom. The minimum atomic E-state index is -0.937. The van der Waals surface area contributed by atoms with E-state index in [0.717, 1.165) is 19.3 Å². The van der Waals surface area contributed by atoms with Crippen molar-refractivity contribution in [3.63, 3.8) is 0 Å². The third-order valence-electron chi connectivity index (χ3n) is 3.02. The molecule has 0 aliphatic heterocycles. The third-order valence-corrected chi connectivity index (χ3v) is 3.02.